The molecule has 1 unspecified atom stereocenters. The van der Waals surface area contributed by atoms with Gasteiger partial charge in [0.1, 0.15) is 6.33 Å². The molecule has 3 aromatic rings. The third kappa shape index (κ3) is 3.86. The molecule has 0 saturated heterocycles. The van der Waals surface area contributed by atoms with Gasteiger partial charge in [-0.05, 0) is 49.9 Å². The summed E-state index contributed by atoms with van der Waals surface area (Å²) < 4.78 is 1.55. The van der Waals surface area contributed by atoms with Gasteiger partial charge in [0.2, 0.25) is 0 Å². The molecule has 2 heterocycles. The van der Waals surface area contributed by atoms with Crippen LogP contribution in [0.2, 0.25) is 10.0 Å². The Kier molecular flexibility index (Phi) is 5.28. The summed E-state index contributed by atoms with van der Waals surface area (Å²) in [7, 11) is 0. The lowest BCUT2D eigenvalue weighted by Gasteiger charge is -2.29. The molecular weight excluding hydrogens is 399 g/mol. The zero-order valence-corrected chi connectivity index (χ0v) is 16.7. The van der Waals surface area contributed by atoms with Gasteiger partial charge in [-0.2, -0.15) is 9.78 Å². The molecule has 0 bridgehead atoms. The number of rotatable bonds is 6. The van der Waals surface area contributed by atoms with Crippen molar-refractivity contribution in [2.75, 3.05) is 6.54 Å². The Hall–Kier alpha value is -2.51. The van der Waals surface area contributed by atoms with E-state index in [1.54, 1.807) is 46.2 Å². The van der Waals surface area contributed by atoms with E-state index in [4.69, 9.17) is 23.2 Å². The standard InChI is InChI=1S/C19H18Cl2N6O/c1-12(17-24-11-25-27(17)19-22-7-2-8-23-19)26(10-13-3-4-13)18(28)15-9-14(20)5-6-16(15)21/h2,5-9,11-13H,3-4,10H2,1H3. The Balaban J connectivity index is 1.70. The number of halogens is 2. The Morgan fingerprint density at radius 1 is 1.25 bits per heavy atom. The number of benzene rings is 1. The third-order valence-electron chi connectivity index (χ3n) is 4.73. The lowest BCUT2D eigenvalue weighted by Crippen LogP contribution is -2.37. The van der Waals surface area contributed by atoms with Gasteiger partial charge in [0.15, 0.2) is 5.82 Å². The molecule has 2 aromatic heterocycles. The summed E-state index contributed by atoms with van der Waals surface area (Å²) in [4.78, 5) is 28.0. The first-order valence-corrected chi connectivity index (χ1v) is 9.73. The van der Waals surface area contributed by atoms with Crippen LogP contribution in [-0.4, -0.2) is 42.1 Å². The van der Waals surface area contributed by atoms with Crippen molar-refractivity contribution in [2.45, 2.75) is 25.8 Å². The molecule has 28 heavy (non-hydrogen) atoms. The largest absolute Gasteiger partial charge is 0.328 e. The minimum absolute atomic E-state index is 0.185. The predicted molar refractivity (Wildman–Crippen MR) is 106 cm³/mol. The molecule has 0 radical (unpaired) electrons. The van der Waals surface area contributed by atoms with Crippen molar-refractivity contribution in [3.8, 4) is 5.95 Å². The van der Waals surface area contributed by atoms with Crippen LogP contribution in [0.4, 0.5) is 0 Å². The predicted octanol–water partition coefficient (Wildman–Crippen LogP) is 3.98. The molecule has 1 atom stereocenters. The highest BCUT2D eigenvalue weighted by Crippen LogP contribution is 2.34. The first-order chi connectivity index (χ1) is 13.5. The van der Waals surface area contributed by atoms with Crippen LogP contribution in [0.5, 0.6) is 0 Å². The molecule has 1 amide bonds. The summed E-state index contributed by atoms with van der Waals surface area (Å²) >= 11 is 12.4. The minimum Gasteiger partial charge on any atom is -0.328 e. The highest BCUT2D eigenvalue weighted by Gasteiger charge is 2.33. The molecule has 1 fully saturated rings. The molecule has 1 aliphatic carbocycles. The third-order valence-corrected chi connectivity index (χ3v) is 5.29. The molecule has 1 saturated carbocycles. The van der Waals surface area contributed by atoms with Crippen LogP contribution in [0.3, 0.4) is 0 Å². The molecule has 0 N–H and O–H groups in total. The van der Waals surface area contributed by atoms with Crippen LogP contribution in [0.1, 0.15) is 42.0 Å². The van der Waals surface area contributed by atoms with E-state index in [2.05, 4.69) is 20.1 Å². The van der Waals surface area contributed by atoms with Gasteiger partial charge in [-0.1, -0.05) is 23.2 Å². The lowest BCUT2D eigenvalue weighted by molar-refractivity contribution is 0.0671. The Labute approximate surface area is 172 Å². The second-order valence-corrected chi connectivity index (χ2v) is 7.62. The van der Waals surface area contributed by atoms with Crippen molar-refractivity contribution >= 4 is 29.1 Å². The number of amides is 1. The van der Waals surface area contributed by atoms with Crippen molar-refractivity contribution in [3.05, 3.63) is 64.4 Å². The SMILES string of the molecule is CC(c1ncnn1-c1ncccn1)N(CC1CC1)C(=O)c1cc(Cl)ccc1Cl. The average molecular weight is 417 g/mol. The van der Waals surface area contributed by atoms with Crippen LogP contribution in [0, 0.1) is 5.92 Å². The molecular formula is C19H18Cl2N6O. The van der Waals surface area contributed by atoms with Gasteiger partial charge in [-0.15, -0.1) is 0 Å². The van der Waals surface area contributed by atoms with E-state index in [9.17, 15) is 4.79 Å². The number of nitrogens with zero attached hydrogens (tertiary/aromatic N) is 6. The first kappa shape index (κ1) is 18.8. The van der Waals surface area contributed by atoms with E-state index in [0.717, 1.165) is 12.8 Å². The molecule has 4 rings (SSSR count). The van der Waals surface area contributed by atoms with Crippen molar-refractivity contribution in [1.29, 1.82) is 0 Å². The van der Waals surface area contributed by atoms with Crippen LogP contribution in [-0.2, 0) is 0 Å². The first-order valence-electron chi connectivity index (χ1n) is 8.98. The van der Waals surface area contributed by atoms with E-state index < -0.39 is 0 Å². The van der Waals surface area contributed by atoms with Gasteiger partial charge < -0.3 is 4.90 Å². The molecule has 1 aliphatic rings. The van der Waals surface area contributed by atoms with Crippen LogP contribution < -0.4 is 0 Å². The fourth-order valence-corrected chi connectivity index (χ4v) is 3.41. The van der Waals surface area contributed by atoms with E-state index in [1.165, 1.54) is 6.33 Å². The summed E-state index contributed by atoms with van der Waals surface area (Å²) in [6.07, 6.45) is 6.92. The second kappa shape index (κ2) is 7.85. The monoisotopic (exact) mass is 416 g/mol. The number of carbonyl (C=O) groups is 1. The molecule has 9 heteroatoms. The highest BCUT2D eigenvalue weighted by molar-refractivity contribution is 6.35. The Morgan fingerprint density at radius 2 is 2.00 bits per heavy atom. The number of aromatic nitrogens is 5. The van der Waals surface area contributed by atoms with E-state index in [0.29, 0.717) is 39.8 Å². The van der Waals surface area contributed by atoms with Crippen molar-refractivity contribution in [2.24, 2.45) is 5.92 Å². The average Bonchev–Trinajstić information content (AvgIpc) is 3.40. The minimum atomic E-state index is -0.352. The fraction of sp³-hybridized carbons (Fsp3) is 0.316. The van der Waals surface area contributed by atoms with Crippen molar-refractivity contribution in [3.63, 3.8) is 0 Å². The van der Waals surface area contributed by atoms with Gasteiger partial charge in [0, 0.05) is 24.0 Å². The van der Waals surface area contributed by atoms with Crippen LogP contribution >= 0.6 is 23.2 Å². The maximum absolute atomic E-state index is 13.4. The zero-order valence-electron chi connectivity index (χ0n) is 15.2. The molecule has 0 spiro atoms. The van der Waals surface area contributed by atoms with E-state index in [-0.39, 0.29) is 11.9 Å². The van der Waals surface area contributed by atoms with Gasteiger partial charge in [-0.25, -0.2) is 15.0 Å². The quantitative estimate of drug-likeness (QED) is 0.607. The summed E-state index contributed by atoms with van der Waals surface area (Å²) in [5.41, 5.74) is 0.378. The second-order valence-electron chi connectivity index (χ2n) is 6.78. The van der Waals surface area contributed by atoms with Gasteiger partial charge >= 0.3 is 0 Å². The highest BCUT2D eigenvalue weighted by atomic mass is 35.5. The molecule has 0 aliphatic heterocycles. The maximum Gasteiger partial charge on any atom is 0.256 e. The number of hydrogen-bond donors (Lipinski definition) is 0. The van der Waals surface area contributed by atoms with Gasteiger partial charge in [0.05, 0.1) is 16.6 Å². The topological polar surface area (TPSA) is 76.8 Å². The van der Waals surface area contributed by atoms with Crippen LogP contribution in [0.15, 0.2) is 43.0 Å². The number of hydrogen-bond acceptors (Lipinski definition) is 5. The van der Waals surface area contributed by atoms with E-state index in [1.807, 2.05) is 6.92 Å². The molecule has 1 aromatic carbocycles. The van der Waals surface area contributed by atoms with Crippen LogP contribution in [0.25, 0.3) is 5.95 Å². The number of carbonyl (C=O) groups excluding carboxylic acids is 1. The zero-order chi connectivity index (χ0) is 19.7. The Morgan fingerprint density at radius 3 is 2.71 bits per heavy atom. The normalized spacial score (nSPS) is 14.7. The molecule has 144 valence electrons. The molecule has 7 nitrogen and oxygen atoms in total. The van der Waals surface area contributed by atoms with Crippen molar-refractivity contribution in [1.82, 2.24) is 29.6 Å². The maximum atomic E-state index is 13.4. The van der Waals surface area contributed by atoms with Crippen molar-refractivity contribution < 1.29 is 4.79 Å². The summed E-state index contributed by atoms with van der Waals surface area (Å²) in [5, 5.41) is 5.08. The summed E-state index contributed by atoms with van der Waals surface area (Å²) in [6.45, 7) is 2.54. The smallest absolute Gasteiger partial charge is 0.256 e. The summed E-state index contributed by atoms with van der Waals surface area (Å²) in [5.74, 6) is 1.28. The fourth-order valence-electron chi connectivity index (χ4n) is 3.04. The lowest BCUT2D eigenvalue weighted by atomic mass is 10.1. The Bertz CT molecular complexity index is 989. The summed E-state index contributed by atoms with van der Waals surface area (Å²) in [6, 6.07) is 6.28. The van der Waals surface area contributed by atoms with Gasteiger partial charge in [-0.3, -0.25) is 4.79 Å². The van der Waals surface area contributed by atoms with E-state index >= 15 is 0 Å². The van der Waals surface area contributed by atoms with Gasteiger partial charge in [0.25, 0.3) is 11.9 Å².